The first kappa shape index (κ1) is 13.5. The average molecular weight is 252 g/mol. The Balaban J connectivity index is 2.03. The van der Waals surface area contributed by atoms with Crippen molar-refractivity contribution in [2.24, 2.45) is 5.73 Å². The number of aromatic nitrogens is 2. The molecule has 0 bridgehead atoms. The van der Waals surface area contributed by atoms with Crippen LogP contribution in [0, 0.1) is 0 Å². The molecule has 0 atom stereocenters. The molecule has 5 heteroatoms. The van der Waals surface area contributed by atoms with Gasteiger partial charge in [0.25, 0.3) is 0 Å². The van der Waals surface area contributed by atoms with Gasteiger partial charge in [-0.05, 0) is 25.8 Å². The smallest absolute Gasteiger partial charge is 0.229 e. The minimum atomic E-state index is -0.402. The Morgan fingerprint density at radius 1 is 1.39 bits per heavy atom. The highest BCUT2D eigenvalue weighted by atomic mass is 16.5. The lowest BCUT2D eigenvalue weighted by molar-refractivity contribution is 0.154. The zero-order valence-electron chi connectivity index (χ0n) is 11.6. The van der Waals surface area contributed by atoms with Crippen molar-refractivity contribution in [3.05, 3.63) is 11.7 Å². The summed E-state index contributed by atoms with van der Waals surface area (Å²) >= 11 is 0. The molecule has 0 saturated carbocycles. The largest absolute Gasteiger partial charge is 0.339 e. The fourth-order valence-electron chi connectivity index (χ4n) is 2.39. The van der Waals surface area contributed by atoms with Crippen LogP contribution in [-0.2, 0) is 5.54 Å². The predicted molar refractivity (Wildman–Crippen MR) is 70.2 cm³/mol. The topological polar surface area (TPSA) is 68.2 Å². The van der Waals surface area contributed by atoms with Crippen molar-refractivity contribution in [2.75, 3.05) is 19.6 Å². The van der Waals surface area contributed by atoms with Gasteiger partial charge in [0.2, 0.25) is 5.89 Å². The zero-order chi connectivity index (χ0) is 13.2. The monoisotopic (exact) mass is 252 g/mol. The summed E-state index contributed by atoms with van der Waals surface area (Å²) in [4.78, 5) is 6.91. The highest BCUT2D eigenvalue weighted by Crippen LogP contribution is 2.29. The molecule has 0 aliphatic carbocycles. The van der Waals surface area contributed by atoms with E-state index in [1.54, 1.807) is 0 Å². The van der Waals surface area contributed by atoms with E-state index in [1.165, 1.54) is 6.42 Å². The third-order valence-electron chi connectivity index (χ3n) is 3.67. The molecule has 0 spiro atoms. The van der Waals surface area contributed by atoms with E-state index in [2.05, 4.69) is 22.0 Å². The number of nitrogens with zero attached hydrogens (tertiary/aromatic N) is 3. The molecule has 0 amide bonds. The van der Waals surface area contributed by atoms with Crippen LogP contribution in [0.2, 0.25) is 0 Å². The van der Waals surface area contributed by atoms with E-state index in [-0.39, 0.29) is 5.92 Å². The highest BCUT2D eigenvalue weighted by Gasteiger charge is 2.36. The van der Waals surface area contributed by atoms with Gasteiger partial charge in [0, 0.05) is 19.0 Å². The minimum Gasteiger partial charge on any atom is -0.339 e. The fraction of sp³-hybridized carbons (Fsp3) is 0.846. The molecular weight excluding hydrogens is 228 g/mol. The lowest BCUT2D eigenvalue weighted by Crippen LogP contribution is -2.48. The molecule has 2 rings (SSSR count). The molecule has 0 unspecified atom stereocenters. The minimum absolute atomic E-state index is 0.259. The van der Waals surface area contributed by atoms with E-state index in [4.69, 9.17) is 10.3 Å². The van der Waals surface area contributed by atoms with E-state index in [0.29, 0.717) is 11.7 Å². The van der Waals surface area contributed by atoms with Gasteiger partial charge in [0.1, 0.15) is 0 Å². The van der Waals surface area contributed by atoms with Gasteiger partial charge in [-0.1, -0.05) is 25.9 Å². The third kappa shape index (κ3) is 2.72. The van der Waals surface area contributed by atoms with Crippen LogP contribution >= 0.6 is 0 Å². The lowest BCUT2D eigenvalue weighted by Gasteiger charge is -2.36. The Morgan fingerprint density at radius 2 is 2.06 bits per heavy atom. The first-order valence-electron chi connectivity index (χ1n) is 6.90. The molecule has 1 aliphatic rings. The zero-order valence-corrected chi connectivity index (χ0v) is 11.6. The summed E-state index contributed by atoms with van der Waals surface area (Å²) in [6, 6.07) is 0. The van der Waals surface area contributed by atoms with Crippen LogP contribution in [-0.4, -0.2) is 34.7 Å². The lowest BCUT2D eigenvalue weighted by atomic mass is 9.88. The quantitative estimate of drug-likeness (QED) is 0.885. The summed E-state index contributed by atoms with van der Waals surface area (Å²) < 4.78 is 5.26. The Hall–Kier alpha value is -0.940. The maximum atomic E-state index is 6.44. The van der Waals surface area contributed by atoms with Crippen molar-refractivity contribution in [3.8, 4) is 0 Å². The van der Waals surface area contributed by atoms with Crippen LogP contribution in [0.3, 0.4) is 0 Å². The summed E-state index contributed by atoms with van der Waals surface area (Å²) in [5.74, 6) is 1.63. The molecule has 0 radical (unpaired) electrons. The van der Waals surface area contributed by atoms with Gasteiger partial charge in [-0.2, -0.15) is 4.98 Å². The van der Waals surface area contributed by atoms with Gasteiger partial charge in [0.05, 0.1) is 5.54 Å². The molecule has 1 aromatic rings. The standard InChI is InChI=1S/C13H24N4O/c1-4-7-17-8-5-13(14,6-9-17)12-15-11(10(2)3)18-16-12/h10H,4-9,14H2,1-3H3. The van der Waals surface area contributed by atoms with E-state index in [9.17, 15) is 0 Å². The average Bonchev–Trinajstić information content (AvgIpc) is 2.83. The van der Waals surface area contributed by atoms with Gasteiger partial charge in [-0.3, -0.25) is 0 Å². The highest BCUT2D eigenvalue weighted by molar-refractivity contribution is 5.07. The van der Waals surface area contributed by atoms with Crippen LogP contribution in [0.4, 0.5) is 0 Å². The third-order valence-corrected chi connectivity index (χ3v) is 3.67. The molecule has 2 heterocycles. The molecule has 2 N–H and O–H groups in total. The molecule has 18 heavy (non-hydrogen) atoms. The van der Waals surface area contributed by atoms with E-state index < -0.39 is 5.54 Å². The van der Waals surface area contributed by atoms with Crippen molar-refractivity contribution in [2.45, 2.75) is 51.5 Å². The van der Waals surface area contributed by atoms with Crippen molar-refractivity contribution in [1.82, 2.24) is 15.0 Å². The Labute approximate surface area is 109 Å². The SMILES string of the molecule is CCCN1CCC(N)(c2noc(C(C)C)n2)CC1. The first-order chi connectivity index (χ1) is 8.55. The van der Waals surface area contributed by atoms with E-state index >= 15 is 0 Å². The summed E-state index contributed by atoms with van der Waals surface area (Å²) in [6.45, 7) is 9.50. The van der Waals surface area contributed by atoms with Gasteiger partial charge in [0.15, 0.2) is 5.82 Å². The molecular formula is C13H24N4O. The van der Waals surface area contributed by atoms with Gasteiger partial charge >= 0.3 is 0 Å². The normalized spacial score (nSPS) is 20.5. The molecule has 0 aromatic carbocycles. The van der Waals surface area contributed by atoms with Crippen molar-refractivity contribution in [1.29, 1.82) is 0 Å². The summed E-state index contributed by atoms with van der Waals surface area (Å²) in [7, 11) is 0. The Kier molecular flexibility index (Phi) is 4.02. The van der Waals surface area contributed by atoms with Crippen LogP contribution in [0.15, 0.2) is 4.52 Å². The molecule has 1 fully saturated rings. The van der Waals surface area contributed by atoms with Crippen molar-refractivity contribution < 1.29 is 4.52 Å². The maximum Gasteiger partial charge on any atom is 0.229 e. The molecule has 1 aliphatic heterocycles. The Bertz CT molecular complexity index is 380. The summed E-state index contributed by atoms with van der Waals surface area (Å²) in [5, 5.41) is 4.07. The van der Waals surface area contributed by atoms with Gasteiger partial charge in [-0.25, -0.2) is 0 Å². The molecule has 1 saturated heterocycles. The maximum absolute atomic E-state index is 6.44. The van der Waals surface area contributed by atoms with Crippen LogP contribution in [0.25, 0.3) is 0 Å². The Morgan fingerprint density at radius 3 is 2.56 bits per heavy atom. The fourth-order valence-corrected chi connectivity index (χ4v) is 2.39. The van der Waals surface area contributed by atoms with Crippen LogP contribution < -0.4 is 5.73 Å². The van der Waals surface area contributed by atoms with E-state index in [0.717, 1.165) is 32.5 Å². The molecule has 5 nitrogen and oxygen atoms in total. The predicted octanol–water partition coefficient (Wildman–Crippen LogP) is 1.85. The van der Waals surface area contributed by atoms with Crippen molar-refractivity contribution >= 4 is 0 Å². The van der Waals surface area contributed by atoms with E-state index in [1.807, 2.05) is 13.8 Å². The number of hydrogen-bond donors (Lipinski definition) is 1. The summed E-state index contributed by atoms with van der Waals surface area (Å²) in [5.41, 5.74) is 6.04. The van der Waals surface area contributed by atoms with Crippen LogP contribution in [0.5, 0.6) is 0 Å². The number of likely N-dealkylation sites (tertiary alicyclic amines) is 1. The number of piperidine rings is 1. The second-order valence-corrected chi connectivity index (χ2v) is 5.61. The van der Waals surface area contributed by atoms with Gasteiger partial charge in [-0.15, -0.1) is 0 Å². The first-order valence-corrected chi connectivity index (χ1v) is 6.90. The van der Waals surface area contributed by atoms with Crippen molar-refractivity contribution in [3.63, 3.8) is 0 Å². The van der Waals surface area contributed by atoms with Crippen LogP contribution in [0.1, 0.15) is 57.7 Å². The van der Waals surface area contributed by atoms with Gasteiger partial charge < -0.3 is 15.2 Å². The number of nitrogens with two attached hydrogens (primary N) is 1. The number of rotatable bonds is 4. The summed E-state index contributed by atoms with van der Waals surface area (Å²) in [6.07, 6.45) is 3.01. The number of hydrogen-bond acceptors (Lipinski definition) is 5. The molecule has 102 valence electrons. The second-order valence-electron chi connectivity index (χ2n) is 5.61. The molecule has 1 aromatic heterocycles. The second kappa shape index (κ2) is 5.36.